The van der Waals surface area contributed by atoms with Crippen LogP contribution in [0.5, 0.6) is 5.75 Å². The quantitative estimate of drug-likeness (QED) is 0.425. The van der Waals surface area contributed by atoms with E-state index in [2.05, 4.69) is 0 Å². The van der Waals surface area contributed by atoms with Crippen LogP contribution < -0.4 is 4.74 Å². The average Bonchev–Trinajstić information content (AvgIpc) is 2.56. The van der Waals surface area contributed by atoms with Crippen molar-refractivity contribution >= 4 is 10.1 Å². The zero-order chi connectivity index (χ0) is 17.5. The van der Waals surface area contributed by atoms with Gasteiger partial charge in [-0.25, -0.2) is 0 Å². The molecule has 7 heteroatoms. The van der Waals surface area contributed by atoms with Crippen molar-refractivity contribution in [2.75, 3.05) is 6.61 Å². The lowest BCUT2D eigenvalue weighted by Crippen LogP contribution is -2.36. The molecule has 1 atom stereocenters. The number of aliphatic hydroxyl groups excluding tert-OH is 1. The Morgan fingerprint density at radius 1 is 0.958 bits per heavy atom. The van der Waals surface area contributed by atoms with Gasteiger partial charge in [-0.15, -0.1) is 0 Å². The van der Waals surface area contributed by atoms with Crippen LogP contribution in [-0.2, 0) is 14.3 Å². The number of hydrogen-bond donors (Lipinski definition) is 1. The minimum absolute atomic E-state index is 0.132. The Bertz CT molecular complexity index is 721. The number of ether oxygens (including phenoxy) is 1. The molecule has 0 radical (unpaired) electrons. The highest BCUT2D eigenvalue weighted by atomic mass is 32.2. The summed E-state index contributed by atoms with van der Waals surface area (Å²) >= 11 is 0. The fraction of sp³-hybridized carbons (Fsp3) is 0.294. The maximum absolute atomic E-state index is 15.1. The Labute approximate surface area is 140 Å². The van der Waals surface area contributed by atoms with Crippen LogP contribution in [0.4, 0.5) is 4.39 Å². The maximum atomic E-state index is 15.1. The van der Waals surface area contributed by atoms with Crippen LogP contribution in [-0.4, -0.2) is 26.2 Å². The van der Waals surface area contributed by atoms with Crippen LogP contribution in [0.3, 0.4) is 0 Å². The standard InChI is InChI=1S/C17H19FO5S/c18-17(13-7-8-14-19,22-15-9-3-1-4-10-15)23-24(20,21)16-11-5-2-6-12-16/h1-6,9-12,19H,7-8,13-14H2. The van der Waals surface area contributed by atoms with Crippen molar-refractivity contribution < 1.29 is 26.8 Å². The van der Waals surface area contributed by atoms with Crippen LogP contribution in [0.15, 0.2) is 65.6 Å². The highest BCUT2D eigenvalue weighted by Gasteiger charge is 2.39. The topological polar surface area (TPSA) is 72.8 Å². The molecule has 0 saturated heterocycles. The van der Waals surface area contributed by atoms with Gasteiger partial charge in [-0.3, -0.25) is 0 Å². The SMILES string of the molecule is O=S(=O)(OC(F)(CCCCO)Oc1ccccc1)c1ccccc1. The summed E-state index contributed by atoms with van der Waals surface area (Å²) < 4.78 is 49.6. The van der Waals surface area contributed by atoms with E-state index in [0.29, 0.717) is 6.42 Å². The number of benzene rings is 2. The molecule has 24 heavy (non-hydrogen) atoms. The number of hydrogen-bond acceptors (Lipinski definition) is 5. The molecule has 0 heterocycles. The summed E-state index contributed by atoms with van der Waals surface area (Å²) in [6.45, 7) is -0.132. The molecule has 0 aliphatic rings. The Morgan fingerprint density at radius 2 is 1.54 bits per heavy atom. The van der Waals surface area contributed by atoms with Crippen LogP contribution in [0.2, 0.25) is 0 Å². The smallest absolute Gasteiger partial charge is 0.377 e. The zero-order valence-corrected chi connectivity index (χ0v) is 13.8. The second kappa shape index (κ2) is 8.23. The molecule has 2 rings (SSSR count). The van der Waals surface area contributed by atoms with Crippen molar-refractivity contribution in [2.45, 2.75) is 30.2 Å². The monoisotopic (exact) mass is 354 g/mol. The van der Waals surface area contributed by atoms with Crippen molar-refractivity contribution in [2.24, 2.45) is 0 Å². The molecule has 0 amide bonds. The van der Waals surface area contributed by atoms with Crippen molar-refractivity contribution in [1.29, 1.82) is 0 Å². The van der Waals surface area contributed by atoms with Crippen molar-refractivity contribution in [1.82, 2.24) is 0 Å². The van der Waals surface area contributed by atoms with Gasteiger partial charge < -0.3 is 9.84 Å². The predicted molar refractivity (Wildman–Crippen MR) is 86.6 cm³/mol. The highest BCUT2D eigenvalue weighted by molar-refractivity contribution is 7.86. The lowest BCUT2D eigenvalue weighted by molar-refractivity contribution is -0.218. The first kappa shape index (κ1) is 18.4. The molecule has 0 saturated carbocycles. The summed E-state index contributed by atoms with van der Waals surface area (Å²) in [6, 6.07) is 12.4. The Balaban J connectivity index is 2.22. The molecule has 1 N–H and O–H groups in total. The number of aliphatic hydroxyl groups is 1. The first-order chi connectivity index (χ1) is 11.5. The lowest BCUT2D eigenvalue weighted by atomic mass is 10.2. The number of unbranched alkanes of at least 4 members (excludes halogenated alkanes) is 1. The largest absolute Gasteiger partial charge is 0.435 e. The van der Waals surface area contributed by atoms with Crippen LogP contribution in [0.1, 0.15) is 19.3 Å². The molecule has 1 unspecified atom stereocenters. The highest BCUT2D eigenvalue weighted by Crippen LogP contribution is 2.30. The Morgan fingerprint density at radius 3 is 2.12 bits per heavy atom. The van der Waals surface area contributed by atoms with E-state index in [1.54, 1.807) is 24.3 Å². The third-order valence-electron chi connectivity index (χ3n) is 3.16. The van der Waals surface area contributed by atoms with Gasteiger partial charge in [0.05, 0.1) is 4.90 Å². The first-order valence-electron chi connectivity index (χ1n) is 7.50. The summed E-state index contributed by atoms with van der Waals surface area (Å²) in [4.78, 5) is -0.161. The predicted octanol–water partition coefficient (Wildman–Crippen LogP) is 3.26. The van der Waals surface area contributed by atoms with E-state index in [4.69, 9.17) is 14.0 Å². The minimum atomic E-state index is -4.34. The van der Waals surface area contributed by atoms with Gasteiger partial charge in [0.25, 0.3) is 0 Å². The maximum Gasteiger partial charge on any atom is 0.377 e. The second-order valence-electron chi connectivity index (χ2n) is 5.11. The molecule has 0 spiro atoms. The van der Waals surface area contributed by atoms with Crippen molar-refractivity contribution in [3.05, 3.63) is 60.7 Å². The van der Waals surface area contributed by atoms with E-state index in [0.717, 1.165) is 0 Å². The van der Waals surface area contributed by atoms with Gasteiger partial charge >= 0.3 is 16.2 Å². The summed E-state index contributed by atoms with van der Waals surface area (Å²) in [5.74, 6) is 0.146. The molecule has 0 aliphatic heterocycles. The van der Waals surface area contributed by atoms with E-state index >= 15 is 4.39 Å². The van der Waals surface area contributed by atoms with Gasteiger partial charge in [-0.05, 0) is 37.1 Å². The lowest BCUT2D eigenvalue weighted by Gasteiger charge is -2.25. The molecule has 5 nitrogen and oxygen atoms in total. The van der Waals surface area contributed by atoms with Gasteiger partial charge in [0.2, 0.25) is 0 Å². The van der Waals surface area contributed by atoms with Gasteiger partial charge in [0.15, 0.2) is 0 Å². The normalized spacial score (nSPS) is 14.1. The molecule has 2 aromatic carbocycles. The summed E-state index contributed by atoms with van der Waals surface area (Å²) in [5.41, 5.74) is 0. The average molecular weight is 354 g/mol. The minimum Gasteiger partial charge on any atom is -0.435 e. The van der Waals surface area contributed by atoms with E-state index < -0.39 is 16.2 Å². The van der Waals surface area contributed by atoms with E-state index in [9.17, 15) is 8.42 Å². The molecule has 0 aromatic heterocycles. The molecule has 0 aliphatic carbocycles. The number of alkyl halides is 1. The molecule has 2 aromatic rings. The first-order valence-corrected chi connectivity index (χ1v) is 8.90. The third kappa shape index (κ3) is 5.30. The molecular weight excluding hydrogens is 335 g/mol. The molecule has 0 fully saturated rings. The number of para-hydroxylation sites is 1. The second-order valence-corrected chi connectivity index (χ2v) is 6.65. The summed E-state index contributed by atoms with van der Waals surface area (Å²) in [7, 11) is -4.34. The fourth-order valence-corrected chi connectivity index (χ4v) is 3.05. The number of halogens is 1. The van der Waals surface area contributed by atoms with Crippen LogP contribution >= 0.6 is 0 Å². The molecular formula is C17H19FO5S. The van der Waals surface area contributed by atoms with Gasteiger partial charge in [-0.2, -0.15) is 17.0 Å². The number of rotatable bonds is 9. The summed E-state index contributed by atoms with van der Waals surface area (Å²) in [5, 5.41) is 8.84. The van der Waals surface area contributed by atoms with Crippen LogP contribution in [0, 0.1) is 0 Å². The fourth-order valence-electron chi connectivity index (χ4n) is 2.02. The molecule has 130 valence electrons. The Hall–Kier alpha value is -1.96. The van der Waals surface area contributed by atoms with Crippen LogP contribution in [0.25, 0.3) is 0 Å². The van der Waals surface area contributed by atoms with Crippen molar-refractivity contribution in [3.8, 4) is 5.75 Å². The van der Waals surface area contributed by atoms with Gasteiger partial charge in [0, 0.05) is 13.0 Å². The summed E-state index contributed by atoms with van der Waals surface area (Å²) in [6.07, 6.45) is 0.164. The van der Waals surface area contributed by atoms with E-state index in [1.807, 2.05) is 0 Å². The van der Waals surface area contributed by atoms with E-state index in [-0.39, 0.29) is 30.1 Å². The zero-order valence-electron chi connectivity index (χ0n) is 13.0. The van der Waals surface area contributed by atoms with E-state index in [1.165, 1.54) is 36.4 Å². The molecule has 0 bridgehead atoms. The van der Waals surface area contributed by atoms with Gasteiger partial charge in [0.1, 0.15) is 5.75 Å². The van der Waals surface area contributed by atoms with Gasteiger partial charge in [-0.1, -0.05) is 36.4 Å². The Kier molecular flexibility index (Phi) is 6.30. The van der Waals surface area contributed by atoms with Crippen molar-refractivity contribution in [3.63, 3.8) is 0 Å². The third-order valence-corrected chi connectivity index (χ3v) is 4.48.